The normalized spacial score (nSPS) is 23.3. The number of aliphatic hydroxyl groups is 1. The summed E-state index contributed by atoms with van der Waals surface area (Å²) in [4.78, 5) is 24.9. The molecule has 3 atom stereocenters. The molecule has 0 radical (unpaired) electrons. The van der Waals surface area contributed by atoms with Crippen molar-refractivity contribution in [3.63, 3.8) is 0 Å². The molecular formula is C17H18NNaO5. The molecule has 24 heavy (non-hydrogen) atoms. The Morgan fingerprint density at radius 2 is 2.04 bits per heavy atom. The van der Waals surface area contributed by atoms with Gasteiger partial charge in [-0.05, 0) is 43.5 Å². The maximum Gasteiger partial charge on any atom is 1.00 e. The number of aliphatic carboxylic acids is 1. The Hall–Kier alpha value is -1.34. The summed E-state index contributed by atoms with van der Waals surface area (Å²) < 4.78 is 5.38. The van der Waals surface area contributed by atoms with E-state index in [0.717, 1.165) is 5.56 Å². The van der Waals surface area contributed by atoms with Crippen LogP contribution >= 0.6 is 0 Å². The zero-order valence-electron chi connectivity index (χ0n) is 14.0. The quantitative estimate of drug-likeness (QED) is 0.461. The van der Waals surface area contributed by atoms with Crippen LogP contribution in [-0.2, 0) is 9.59 Å². The first kappa shape index (κ1) is 19.0. The third kappa shape index (κ3) is 2.99. The summed E-state index contributed by atoms with van der Waals surface area (Å²) in [5.41, 5.74) is 1.20. The van der Waals surface area contributed by atoms with Crippen LogP contribution in [0.15, 0.2) is 30.0 Å². The first-order valence-electron chi connectivity index (χ1n) is 7.64. The fraction of sp³-hybridized carbons (Fsp3) is 0.412. The molecule has 2 heterocycles. The standard InChI is InChI=1S/C17H19NO5.Na/c1-3-23-11-6-4-10(5-7-11)12-8-13-14(9(2)19)16(20)18(13)15(12)17(21)22;/h4-7,9,13-14,19H,3,8H2,1-2H3,(H,21,22);/q;+1/p-1/t9-,13-,14-;/m1./s1. The number of rotatable bonds is 5. The third-order valence-electron chi connectivity index (χ3n) is 4.44. The van der Waals surface area contributed by atoms with E-state index in [9.17, 15) is 19.8 Å². The van der Waals surface area contributed by atoms with E-state index in [1.165, 1.54) is 4.90 Å². The molecule has 1 aromatic carbocycles. The van der Waals surface area contributed by atoms with Gasteiger partial charge in [0.2, 0.25) is 5.91 Å². The van der Waals surface area contributed by atoms with Crippen LogP contribution in [0.5, 0.6) is 5.75 Å². The number of benzene rings is 1. The number of carboxylic acids is 1. The van der Waals surface area contributed by atoms with Crippen LogP contribution in [-0.4, -0.2) is 40.6 Å². The smallest absolute Gasteiger partial charge is 0.543 e. The number of hydrogen-bond acceptors (Lipinski definition) is 5. The van der Waals surface area contributed by atoms with E-state index < -0.39 is 18.0 Å². The van der Waals surface area contributed by atoms with Crippen LogP contribution in [0.4, 0.5) is 0 Å². The van der Waals surface area contributed by atoms with Gasteiger partial charge in [0.15, 0.2) is 0 Å². The van der Waals surface area contributed by atoms with Gasteiger partial charge in [0.25, 0.3) is 0 Å². The van der Waals surface area contributed by atoms with Crippen molar-refractivity contribution in [3.8, 4) is 5.75 Å². The Bertz CT molecular complexity index is 683. The molecule has 122 valence electrons. The van der Waals surface area contributed by atoms with E-state index in [-0.39, 0.29) is 47.2 Å². The molecule has 0 saturated carbocycles. The van der Waals surface area contributed by atoms with Crippen molar-refractivity contribution in [2.24, 2.45) is 5.92 Å². The van der Waals surface area contributed by atoms with Gasteiger partial charge in [0.1, 0.15) is 5.75 Å². The molecule has 0 spiro atoms. The number of carbonyl (C=O) groups excluding carboxylic acids is 2. The zero-order valence-corrected chi connectivity index (χ0v) is 16.0. The molecular weight excluding hydrogens is 321 g/mol. The second-order valence-corrected chi connectivity index (χ2v) is 5.82. The Kier molecular flexibility index (Phi) is 5.75. The number of carbonyl (C=O) groups is 2. The molecule has 0 unspecified atom stereocenters. The summed E-state index contributed by atoms with van der Waals surface area (Å²) in [5.74, 6) is -1.57. The van der Waals surface area contributed by atoms with Crippen LogP contribution in [0.2, 0.25) is 0 Å². The molecule has 7 heteroatoms. The van der Waals surface area contributed by atoms with Crippen molar-refractivity contribution >= 4 is 17.4 Å². The van der Waals surface area contributed by atoms with Crippen molar-refractivity contribution in [2.75, 3.05) is 6.61 Å². The van der Waals surface area contributed by atoms with Crippen molar-refractivity contribution < 1.29 is 54.1 Å². The van der Waals surface area contributed by atoms with Gasteiger partial charge < -0.3 is 24.6 Å². The molecule has 1 aromatic rings. The van der Waals surface area contributed by atoms with Crippen LogP contribution in [0.25, 0.3) is 5.57 Å². The fourth-order valence-electron chi connectivity index (χ4n) is 3.44. The van der Waals surface area contributed by atoms with Gasteiger partial charge in [-0.25, -0.2) is 0 Å². The van der Waals surface area contributed by atoms with Crippen molar-refractivity contribution in [1.29, 1.82) is 0 Å². The zero-order chi connectivity index (χ0) is 16.7. The molecule has 1 N–H and O–H groups in total. The molecule has 2 aliphatic heterocycles. The van der Waals surface area contributed by atoms with E-state index in [2.05, 4.69) is 0 Å². The molecule has 0 aromatic heterocycles. The molecule has 2 aliphatic rings. The van der Waals surface area contributed by atoms with Crippen LogP contribution in [0.3, 0.4) is 0 Å². The first-order valence-corrected chi connectivity index (χ1v) is 7.64. The molecule has 1 fully saturated rings. The Labute approximate surface area is 162 Å². The molecule has 1 saturated heterocycles. The molecule has 0 bridgehead atoms. The minimum Gasteiger partial charge on any atom is -0.543 e. The van der Waals surface area contributed by atoms with Gasteiger partial charge in [-0.15, -0.1) is 0 Å². The number of ether oxygens (including phenoxy) is 1. The van der Waals surface area contributed by atoms with Gasteiger partial charge in [-0.2, -0.15) is 0 Å². The van der Waals surface area contributed by atoms with E-state index in [4.69, 9.17) is 4.74 Å². The van der Waals surface area contributed by atoms with Gasteiger partial charge in [-0.3, -0.25) is 4.79 Å². The number of carboxylic acid groups (broad SMARTS) is 1. The molecule has 6 nitrogen and oxygen atoms in total. The predicted molar refractivity (Wildman–Crippen MR) is 80.0 cm³/mol. The van der Waals surface area contributed by atoms with E-state index in [0.29, 0.717) is 24.4 Å². The Balaban J connectivity index is 0.00000208. The van der Waals surface area contributed by atoms with Crippen molar-refractivity contribution in [2.45, 2.75) is 32.4 Å². The van der Waals surface area contributed by atoms with E-state index in [1.807, 2.05) is 6.92 Å². The number of β-lactam (4-membered cyclic amide) rings is 1. The molecule has 1 amide bonds. The summed E-state index contributed by atoms with van der Waals surface area (Å²) in [6.45, 7) is 3.98. The van der Waals surface area contributed by atoms with Crippen LogP contribution in [0.1, 0.15) is 25.8 Å². The first-order chi connectivity index (χ1) is 11.0. The fourth-order valence-corrected chi connectivity index (χ4v) is 3.44. The number of fused-ring (bicyclic) bond motifs is 1. The van der Waals surface area contributed by atoms with E-state index >= 15 is 0 Å². The maximum atomic E-state index is 12.1. The average Bonchev–Trinajstić information content (AvgIpc) is 2.83. The van der Waals surface area contributed by atoms with Crippen molar-refractivity contribution in [3.05, 3.63) is 35.5 Å². The predicted octanol–water partition coefficient (Wildman–Crippen LogP) is -2.84. The number of amides is 1. The summed E-state index contributed by atoms with van der Waals surface area (Å²) in [6, 6.07) is 6.77. The SMILES string of the molecule is CCOc1ccc(C2=C(C(=O)[O-])N3C(=O)[C@H]([C@@H](C)O)[C@H]3C2)cc1.[Na+]. The summed E-state index contributed by atoms with van der Waals surface area (Å²) in [6.07, 6.45) is -0.398. The number of nitrogens with zero attached hydrogens (tertiary/aromatic N) is 1. The summed E-state index contributed by atoms with van der Waals surface area (Å²) in [5, 5.41) is 21.2. The van der Waals surface area contributed by atoms with Gasteiger partial charge in [-0.1, -0.05) is 12.1 Å². The second kappa shape index (κ2) is 7.27. The van der Waals surface area contributed by atoms with E-state index in [1.54, 1.807) is 31.2 Å². The summed E-state index contributed by atoms with van der Waals surface area (Å²) in [7, 11) is 0. The minimum atomic E-state index is -1.37. The topological polar surface area (TPSA) is 89.9 Å². The second-order valence-electron chi connectivity index (χ2n) is 5.82. The molecule has 0 aliphatic carbocycles. The number of hydrogen-bond donors (Lipinski definition) is 1. The average molecular weight is 339 g/mol. The van der Waals surface area contributed by atoms with Crippen LogP contribution < -0.4 is 39.4 Å². The Morgan fingerprint density at radius 3 is 2.54 bits per heavy atom. The third-order valence-corrected chi connectivity index (χ3v) is 4.44. The molecule has 3 rings (SSSR count). The largest absolute Gasteiger partial charge is 1.00 e. The van der Waals surface area contributed by atoms with Gasteiger partial charge in [0.05, 0.1) is 36.3 Å². The van der Waals surface area contributed by atoms with Gasteiger partial charge >= 0.3 is 29.6 Å². The van der Waals surface area contributed by atoms with Crippen LogP contribution in [0, 0.1) is 5.92 Å². The minimum absolute atomic E-state index is 0. The maximum absolute atomic E-state index is 12.1. The summed E-state index contributed by atoms with van der Waals surface area (Å²) >= 11 is 0. The monoisotopic (exact) mass is 339 g/mol. The number of aliphatic hydroxyl groups excluding tert-OH is 1. The van der Waals surface area contributed by atoms with Gasteiger partial charge in [0, 0.05) is 0 Å². The van der Waals surface area contributed by atoms with Crippen molar-refractivity contribution in [1.82, 2.24) is 4.90 Å². The Morgan fingerprint density at radius 1 is 1.42 bits per heavy atom.